The van der Waals surface area contributed by atoms with Crippen LogP contribution in [-0.4, -0.2) is 25.5 Å². The van der Waals surface area contributed by atoms with Gasteiger partial charge in [-0.2, -0.15) is 0 Å². The van der Waals surface area contributed by atoms with E-state index in [0.717, 1.165) is 12.5 Å². The second-order valence-corrected chi connectivity index (χ2v) is 5.49. The van der Waals surface area contributed by atoms with Crippen LogP contribution >= 0.6 is 0 Å². The molecular formula is C15H22FN2O+. The summed E-state index contributed by atoms with van der Waals surface area (Å²) in [5.41, 5.74) is 0.661. The van der Waals surface area contributed by atoms with Crippen molar-refractivity contribution >= 4 is 11.6 Å². The maximum absolute atomic E-state index is 12.7. The molecule has 0 unspecified atom stereocenters. The average molecular weight is 265 g/mol. The van der Waals surface area contributed by atoms with Crippen LogP contribution in [0, 0.1) is 11.7 Å². The average Bonchev–Trinajstić information content (AvgIpc) is 2.41. The first-order valence-corrected chi connectivity index (χ1v) is 7.02. The van der Waals surface area contributed by atoms with E-state index < -0.39 is 0 Å². The van der Waals surface area contributed by atoms with Crippen molar-refractivity contribution in [2.45, 2.75) is 26.2 Å². The Kier molecular flexibility index (Phi) is 4.91. The molecule has 1 aliphatic rings. The fourth-order valence-electron chi connectivity index (χ4n) is 2.47. The Bertz CT molecular complexity index is 411. The van der Waals surface area contributed by atoms with Gasteiger partial charge in [-0.25, -0.2) is 4.39 Å². The normalized spacial score (nSPS) is 23.1. The number of anilines is 1. The minimum absolute atomic E-state index is 0.0118. The summed E-state index contributed by atoms with van der Waals surface area (Å²) in [7, 11) is 0. The maximum Gasteiger partial charge on any atom is 0.230 e. The maximum atomic E-state index is 12.7. The summed E-state index contributed by atoms with van der Waals surface area (Å²) in [6.07, 6.45) is 3.05. The quantitative estimate of drug-likeness (QED) is 0.849. The summed E-state index contributed by atoms with van der Waals surface area (Å²) in [6, 6.07) is 5.88. The number of benzene rings is 1. The molecule has 19 heavy (non-hydrogen) atoms. The zero-order valence-corrected chi connectivity index (χ0v) is 11.4. The molecule has 1 saturated heterocycles. The predicted molar refractivity (Wildman–Crippen MR) is 73.6 cm³/mol. The van der Waals surface area contributed by atoms with Crippen LogP contribution in [0.3, 0.4) is 0 Å². The number of rotatable bonds is 4. The van der Waals surface area contributed by atoms with Crippen molar-refractivity contribution in [1.82, 2.24) is 0 Å². The minimum Gasteiger partial charge on any atom is -0.334 e. The fraction of sp³-hybridized carbons (Fsp3) is 0.533. The molecular weight excluding hydrogens is 243 g/mol. The van der Waals surface area contributed by atoms with E-state index in [4.69, 9.17) is 0 Å². The topological polar surface area (TPSA) is 33.5 Å². The molecule has 1 aromatic rings. The summed E-state index contributed by atoms with van der Waals surface area (Å²) < 4.78 is 12.7. The molecule has 1 fully saturated rings. The SMILES string of the molecule is CC1CC[NH+](CCC(=O)Nc2ccc(F)cc2)CC1. The van der Waals surface area contributed by atoms with E-state index in [-0.39, 0.29) is 11.7 Å². The zero-order valence-electron chi connectivity index (χ0n) is 11.4. The molecule has 0 aliphatic carbocycles. The highest BCUT2D eigenvalue weighted by Gasteiger charge is 2.19. The number of carbonyl (C=O) groups is 1. The molecule has 0 radical (unpaired) electrons. The monoisotopic (exact) mass is 265 g/mol. The number of halogens is 1. The van der Waals surface area contributed by atoms with Crippen LogP contribution in [0.2, 0.25) is 0 Å². The molecule has 3 nitrogen and oxygen atoms in total. The molecule has 1 aliphatic heterocycles. The van der Waals surface area contributed by atoms with Crippen LogP contribution in [0.15, 0.2) is 24.3 Å². The highest BCUT2D eigenvalue weighted by atomic mass is 19.1. The number of hydrogen-bond acceptors (Lipinski definition) is 1. The lowest BCUT2D eigenvalue weighted by Gasteiger charge is -2.27. The molecule has 2 rings (SSSR count). The number of nitrogens with one attached hydrogen (secondary N) is 2. The smallest absolute Gasteiger partial charge is 0.230 e. The van der Waals surface area contributed by atoms with Crippen LogP contribution in [0.25, 0.3) is 0 Å². The summed E-state index contributed by atoms with van der Waals surface area (Å²) in [5, 5.41) is 2.80. The van der Waals surface area contributed by atoms with Crippen molar-refractivity contribution in [3.05, 3.63) is 30.1 Å². The van der Waals surface area contributed by atoms with Gasteiger partial charge in [0, 0.05) is 5.69 Å². The van der Waals surface area contributed by atoms with Gasteiger partial charge in [-0.3, -0.25) is 4.79 Å². The number of hydrogen-bond donors (Lipinski definition) is 2. The Hall–Kier alpha value is -1.42. The highest BCUT2D eigenvalue weighted by molar-refractivity contribution is 5.90. The first-order valence-electron chi connectivity index (χ1n) is 7.02. The molecule has 0 aromatic heterocycles. The third kappa shape index (κ3) is 4.63. The Morgan fingerprint density at radius 2 is 1.95 bits per heavy atom. The van der Waals surface area contributed by atoms with Crippen molar-refractivity contribution in [3.63, 3.8) is 0 Å². The number of likely N-dealkylation sites (tertiary alicyclic amines) is 1. The summed E-state index contributed by atoms with van der Waals surface area (Å²) in [5.74, 6) is 0.555. The molecule has 0 saturated carbocycles. The highest BCUT2D eigenvalue weighted by Crippen LogP contribution is 2.09. The van der Waals surface area contributed by atoms with Crippen LogP contribution in [0.5, 0.6) is 0 Å². The predicted octanol–water partition coefficient (Wildman–Crippen LogP) is 1.47. The van der Waals surface area contributed by atoms with Crippen molar-refractivity contribution < 1.29 is 14.1 Å². The first-order chi connectivity index (χ1) is 9.13. The molecule has 0 atom stereocenters. The van der Waals surface area contributed by atoms with Crippen LogP contribution in [-0.2, 0) is 4.79 Å². The fourth-order valence-corrected chi connectivity index (χ4v) is 2.47. The zero-order chi connectivity index (χ0) is 13.7. The lowest BCUT2D eigenvalue weighted by Crippen LogP contribution is -3.13. The lowest BCUT2D eigenvalue weighted by molar-refractivity contribution is -0.905. The lowest BCUT2D eigenvalue weighted by atomic mass is 9.99. The third-order valence-corrected chi connectivity index (χ3v) is 3.81. The van der Waals surface area contributed by atoms with Gasteiger partial charge in [-0.1, -0.05) is 6.92 Å². The van der Waals surface area contributed by atoms with Gasteiger partial charge >= 0.3 is 0 Å². The van der Waals surface area contributed by atoms with E-state index >= 15 is 0 Å². The first kappa shape index (κ1) is 14.0. The Morgan fingerprint density at radius 1 is 1.32 bits per heavy atom. The van der Waals surface area contributed by atoms with E-state index in [1.165, 1.54) is 43.0 Å². The van der Waals surface area contributed by atoms with E-state index in [9.17, 15) is 9.18 Å². The summed E-state index contributed by atoms with van der Waals surface area (Å²) in [6.45, 7) is 5.52. The molecule has 104 valence electrons. The standard InChI is InChI=1S/C15H21FN2O/c1-12-6-9-18(10-7-12)11-8-15(19)17-14-4-2-13(16)3-5-14/h2-5,12H,6-11H2,1H3,(H,17,19)/p+1. The molecule has 1 aromatic carbocycles. The number of carbonyl (C=O) groups excluding carboxylic acids is 1. The van der Waals surface area contributed by atoms with Crippen molar-refractivity contribution in [2.75, 3.05) is 25.0 Å². The van der Waals surface area contributed by atoms with Gasteiger partial charge in [0.25, 0.3) is 0 Å². The van der Waals surface area contributed by atoms with Gasteiger partial charge < -0.3 is 10.2 Å². The Morgan fingerprint density at radius 3 is 2.58 bits per heavy atom. The van der Waals surface area contributed by atoms with Crippen molar-refractivity contribution in [3.8, 4) is 0 Å². The molecule has 1 amide bonds. The molecule has 2 N–H and O–H groups in total. The third-order valence-electron chi connectivity index (χ3n) is 3.81. The van der Waals surface area contributed by atoms with E-state index in [1.54, 1.807) is 12.1 Å². The van der Waals surface area contributed by atoms with Crippen LogP contribution in [0.1, 0.15) is 26.2 Å². The number of piperidine rings is 1. The Balaban J connectivity index is 1.71. The van der Waals surface area contributed by atoms with Gasteiger partial charge in [0.05, 0.1) is 26.1 Å². The van der Waals surface area contributed by atoms with Crippen molar-refractivity contribution in [2.24, 2.45) is 5.92 Å². The molecule has 4 heteroatoms. The largest absolute Gasteiger partial charge is 0.334 e. The van der Waals surface area contributed by atoms with Crippen LogP contribution < -0.4 is 10.2 Å². The molecule has 1 heterocycles. The van der Waals surface area contributed by atoms with Gasteiger partial charge in [-0.15, -0.1) is 0 Å². The van der Waals surface area contributed by atoms with Gasteiger partial charge in [-0.05, 0) is 43.0 Å². The molecule has 0 spiro atoms. The second kappa shape index (κ2) is 6.66. The van der Waals surface area contributed by atoms with E-state index in [2.05, 4.69) is 12.2 Å². The summed E-state index contributed by atoms with van der Waals surface area (Å²) >= 11 is 0. The Labute approximate surface area is 113 Å². The second-order valence-electron chi connectivity index (χ2n) is 5.49. The number of quaternary nitrogens is 1. The van der Waals surface area contributed by atoms with Crippen LogP contribution in [0.4, 0.5) is 10.1 Å². The van der Waals surface area contributed by atoms with E-state index in [1.807, 2.05) is 0 Å². The molecule has 0 bridgehead atoms. The van der Waals surface area contributed by atoms with Gasteiger partial charge in [0.1, 0.15) is 5.82 Å². The van der Waals surface area contributed by atoms with E-state index in [0.29, 0.717) is 12.1 Å². The van der Waals surface area contributed by atoms with Gasteiger partial charge in [0.15, 0.2) is 0 Å². The van der Waals surface area contributed by atoms with Gasteiger partial charge in [0.2, 0.25) is 5.91 Å². The summed E-state index contributed by atoms with van der Waals surface area (Å²) in [4.78, 5) is 13.3. The van der Waals surface area contributed by atoms with Crippen molar-refractivity contribution in [1.29, 1.82) is 0 Å². The minimum atomic E-state index is -0.287. The number of amides is 1.